The fourth-order valence-electron chi connectivity index (χ4n) is 2.25. The minimum atomic E-state index is -2.42. The maximum Gasteiger partial charge on any atom is 0.303 e. The van der Waals surface area contributed by atoms with Crippen molar-refractivity contribution in [1.82, 2.24) is 9.78 Å². The smallest absolute Gasteiger partial charge is 0.303 e. The zero-order chi connectivity index (χ0) is 21.0. The van der Waals surface area contributed by atoms with E-state index in [1.165, 1.54) is 48.5 Å². The Morgan fingerprint density at radius 1 is 0.931 bits per heavy atom. The fourth-order valence-corrected chi connectivity index (χ4v) is 2.96. The molecule has 1 aromatic heterocycles. The second kappa shape index (κ2) is 8.83. The van der Waals surface area contributed by atoms with Crippen molar-refractivity contribution < 1.29 is 27.1 Å². The summed E-state index contributed by atoms with van der Waals surface area (Å²) in [6, 6.07) is 10.7. The molecule has 2 unspecified atom stereocenters. The molecular formula is C16H10N4O7S2-2. The van der Waals surface area contributed by atoms with Crippen molar-refractivity contribution in [2.75, 3.05) is 0 Å². The molecule has 0 fully saturated rings. The summed E-state index contributed by atoms with van der Waals surface area (Å²) in [5.41, 5.74) is -0.502. The van der Waals surface area contributed by atoms with Gasteiger partial charge in [-0.05, 0) is 70.7 Å². The first-order chi connectivity index (χ1) is 13.9. The summed E-state index contributed by atoms with van der Waals surface area (Å²) in [7, 11) is 0. The van der Waals surface area contributed by atoms with Gasteiger partial charge >= 0.3 is 5.56 Å². The van der Waals surface area contributed by atoms with E-state index in [1.807, 2.05) is 0 Å². The number of carbonyl (C=O) groups excluding carboxylic acids is 1. The normalized spacial score (nSPS) is 13.3. The molecule has 1 heterocycles. The molecule has 0 saturated heterocycles. The van der Waals surface area contributed by atoms with Gasteiger partial charge in [-0.3, -0.25) is 23.1 Å². The van der Waals surface area contributed by atoms with Crippen LogP contribution in [0.3, 0.4) is 0 Å². The maximum absolute atomic E-state index is 12.6. The zero-order valence-corrected chi connectivity index (χ0v) is 15.8. The second-order valence-electron chi connectivity index (χ2n) is 5.30. The summed E-state index contributed by atoms with van der Waals surface area (Å²) < 4.78 is 49.3. The number of carbonyl (C=O) groups is 1. The van der Waals surface area contributed by atoms with Gasteiger partial charge in [0, 0.05) is 9.79 Å². The van der Waals surface area contributed by atoms with E-state index >= 15 is 0 Å². The van der Waals surface area contributed by atoms with Crippen molar-refractivity contribution in [1.29, 1.82) is 0 Å². The lowest BCUT2D eigenvalue weighted by molar-refractivity contribution is -0.120. The number of hydrogen-bond donors (Lipinski definition) is 1. The van der Waals surface area contributed by atoms with Crippen molar-refractivity contribution in [3.8, 4) is 11.6 Å². The molecule has 29 heavy (non-hydrogen) atoms. The number of aromatic amines is 1. The maximum atomic E-state index is 12.6. The molecule has 11 nitrogen and oxygen atoms in total. The van der Waals surface area contributed by atoms with Crippen molar-refractivity contribution in [2.45, 2.75) is 9.79 Å². The van der Waals surface area contributed by atoms with Gasteiger partial charge in [-0.15, -0.1) is 5.11 Å². The molecule has 150 valence electrons. The van der Waals surface area contributed by atoms with Crippen LogP contribution in [0.5, 0.6) is 5.88 Å². The van der Waals surface area contributed by atoms with Crippen LogP contribution in [0.15, 0.2) is 73.3 Å². The molecule has 0 saturated carbocycles. The van der Waals surface area contributed by atoms with Gasteiger partial charge in [0.1, 0.15) is 0 Å². The quantitative estimate of drug-likeness (QED) is 0.334. The molecule has 0 radical (unpaired) electrons. The molecule has 3 rings (SSSR count). The SMILES string of the molecule is O=COc1[nH]n(-c2ccc(S(=O)[O-])cc2)c(=O)c1N=Nc1ccc(S(=O)[O-])cc1. The second-order valence-corrected chi connectivity index (χ2v) is 7.18. The number of H-pyrrole nitrogens is 1. The van der Waals surface area contributed by atoms with Crippen LogP contribution in [0.1, 0.15) is 0 Å². The highest BCUT2D eigenvalue weighted by molar-refractivity contribution is 7.79. The Hall–Kier alpha value is -3.26. The largest absolute Gasteiger partial charge is 0.768 e. The molecule has 0 aliphatic carbocycles. The highest BCUT2D eigenvalue weighted by Crippen LogP contribution is 2.25. The summed E-state index contributed by atoms with van der Waals surface area (Å²) in [5, 5.41) is 10.2. The van der Waals surface area contributed by atoms with E-state index in [0.717, 1.165) is 4.68 Å². The number of rotatable bonds is 7. The Balaban J connectivity index is 1.97. The molecule has 0 aliphatic rings. The predicted octanol–water partition coefficient (Wildman–Crippen LogP) is 1.59. The number of nitrogens with zero attached hydrogens (tertiary/aromatic N) is 3. The van der Waals surface area contributed by atoms with Gasteiger partial charge in [0.15, 0.2) is 0 Å². The molecule has 0 aliphatic heterocycles. The van der Waals surface area contributed by atoms with Gasteiger partial charge in [-0.1, -0.05) is 0 Å². The van der Waals surface area contributed by atoms with Crippen LogP contribution in [-0.4, -0.2) is 33.8 Å². The minimum Gasteiger partial charge on any atom is -0.768 e. The van der Waals surface area contributed by atoms with Gasteiger partial charge in [0.05, 0.1) is 11.4 Å². The number of nitrogens with one attached hydrogen (secondary N) is 1. The third-order valence-corrected chi connectivity index (χ3v) is 4.90. The highest BCUT2D eigenvalue weighted by atomic mass is 32.2. The number of ether oxygens (including phenoxy) is 1. The third kappa shape index (κ3) is 4.60. The Morgan fingerprint density at radius 2 is 1.48 bits per heavy atom. The van der Waals surface area contributed by atoms with Crippen molar-refractivity contribution in [3.63, 3.8) is 0 Å². The number of aromatic nitrogens is 2. The fraction of sp³-hybridized carbons (Fsp3) is 0. The van der Waals surface area contributed by atoms with Gasteiger partial charge in [0.25, 0.3) is 6.47 Å². The zero-order valence-electron chi connectivity index (χ0n) is 14.2. The van der Waals surface area contributed by atoms with Crippen LogP contribution in [-0.2, 0) is 27.0 Å². The molecule has 0 amide bonds. The number of benzene rings is 2. The van der Waals surface area contributed by atoms with E-state index in [4.69, 9.17) is 4.74 Å². The summed E-state index contributed by atoms with van der Waals surface area (Å²) in [4.78, 5) is 23.4. The first kappa shape index (κ1) is 20.5. The minimum absolute atomic E-state index is 0.0279. The number of hydrogen-bond acceptors (Lipinski definition) is 9. The van der Waals surface area contributed by atoms with Gasteiger partial charge < -0.3 is 13.8 Å². The Bertz CT molecular complexity index is 1170. The van der Waals surface area contributed by atoms with E-state index in [0.29, 0.717) is 0 Å². The lowest BCUT2D eigenvalue weighted by atomic mass is 10.3. The van der Waals surface area contributed by atoms with E-state index in [2.05, 4.69) is 15.3 Å². The van der Waals surface area contributed by atoms with Gasteiger partial charge in [0.2, 0.25) is 11.6 Å². The van der Waals surface area contributed by atoms with Crippen LogP contribution in [0.4, 0.5) is 11.4 Å². The third-order valence-electron chi connectivity index (χ3n) is 3.58. The molecule has 3 aromatic rings. The molecule has 0 spiro atoms. The first-order valence-corrected chi connectivity index (χ1v) is 9.82. The van der Waals surface area contributed by atoms with Crippen LogP contribution in [0.25, 0.3) is 5.69 Å². The van der Waals surface area contributed by atoms with Crippen molar-refractivity contribution >= 4 is 40.0 Å². The highest BCUT2D eigenvalue weighted by Gasteiger charge is 2.17. The van der Waals surface area contributed by atoms with E-state index < -0.39 is 27.7 Å². The van der Waals surface area contributed by atoms with Crippen LogP contribution < -0.4 is 10.3 Å². The summed E-state index contributed by atoms with van der Waals surface area (Å²) >= 11 is -4.81. The Morgan fingerprint density at radius 3 is 2.00 bits per heavy atom. The molecule has 2 atom stereocenters. The Labute approximate surface area is 167 Å². The summed E-state index contributed by atoms with van der Waals surface area (Å²) in [6.45, 7) is 0.0939. The number of azo groups is 1. The molecule has 2 aromatic carbocycles. The summed E-state index contributed by atoms with van der Waals surface area (Å²) in [6.07, 6.45) is 0. The molecule has 13 heteroatoms. The lowest BCUT2D eigenvalue weighted by Gasteiger charge is -2.06. The van der Waals surface area contributed by atoms with E-state index in [9.17, 15) is 27.1 Å². The van der Waals surface area contributed by atoms with Gasteiger partial charge in [-0.25, -0.2) is 4.68 Å². The average molecular weight is 434 g/mol. The van der Waals surface area contributed by atoms with Crippen molar-refractivity contribution in [2.24, 2.45) is 10.2 Å². The monoisotopic (exact) mass is 434 g/mol. The topological polar surface area (TPSA) is 169 Å². The van der Waals surface area contributed by atoms with E-state index in [-0.39, 0.29) is 39.2 Å². The van der Waals surface area contributed by atoms with Gasteiger partial charge in [-0.2, -0.15) is 5.11 Å². The standard InChI is InChI=1S/C16H12N4O7S2/c21-9-27-15-14(18-17-10-1-5-12(6-2-10)28(23)24)16(22)20(19-15)11-3-7-13(8-4-11)29(25)26/h1-9,19H,(H,23,24)(H,25,26)/p-2. The summed E-state index contributed by atoms with van der Waals surface area (Å²) in [5.74, 6) is -0.275. The first-order valence-electron chi connectivity index (χ1n) is 7.67. The van der Waals surface area contributed by atoms with E-state index in [1.54, 1.807) is 0 Å². The molecule has 0 bridgehead atoms. The van der Waals surface area contributed by atoms with Crippen LogP contribution in [0, 0.1) is 0 Å². The lowest BCUT2D eigenvalue weighted by Crippen LogP contribution is -2.14. The predicted molar refractivity (Wildman–Crippen MR) is 98.1 cm³/mol. The average Bonchev–Trinajstić information content (AvgIpc) is 3.02. The van der Waals surface area contributed by atoms with Crippen LogP contribution >= 0.6 is 0 Å². The molecular weight excluding hydrogens is 424 g/mol. The Kier molecular flexibility index (Phi) is 6.23. The van der Waals surface area contributed by atoms with Crippen molar-refractivity contribution in [3.05, 3.63) is 58.9 Å². The molecule has 1 N–H and O–H groups in total. The van der Waals surface area contributed by atoms with Crippen LogP contribution in [0.2, 0.25) is 0 Å².